The summed E-state index contributed by atoms with van der Waals surface area (Å²) in [4.78, 5) is 0. The first-order valence-electron chi connectivity index (χ1n) is 8.38. The first-order chi connectivity index (χ1) is 11.8. The molecule has 0 bridgehead atoms. The number of aryl methyl sites for hydroxylation is 1. The van der Waals surface area contributed by atoms with Crippen molar-refractivity contribution in [3.8, 4) is 6.07 Å². The highest BCUT2D eigenvalue weighted by Gasteiger charge is 2.38. The minimum atomic E-state index is -3.53. The molecule has 0 heterocycles. The number of hydrogen-bond acceptors (Lipinski definition) is 3. The van der Waals surface area contributed by atoms with E-state index in [0.717, 1.165) is 18.4 Å². The molecule has 0 saturated carbocycles. The van der Waals surface area contributed by atoms with Gasteiger partial charge in [-0.1, -0.05) is 50.2 Å². The fourth-order valence-electron chi connectivity index (χ4n) is 3.46. The lowest BCUT2D eigenvalue weighted by atomic mass is 9.71. The molecule has 2 aromatic carbocycles. The molecule has 0 radical (unpaired) electrons. The summed E-state index contributed by atoms with van der Waals surface area (Å²) in [7, 11) is -3.53. The number of fused-ring (bicyclic) bond motifs is 1. The van der Waals surface area contributed by atoms with E-state index in [1.54, 1.807) is 24.3 Å². The van der Waals surface area contributed by atoms with Crippen molar-refractivity contribution >= 4 is 10.0 Å². The average Bonchev–Trinajstić information content (AvgIpc) is 2.57. The van der Waals surface area contributed by atoms with Crippen molar-refractivity contribution in [3.63, 3.8) is 0 Å². The molecule has 1 atom stereocenters. The Balaban J connectivity index is 1.88. The standard InChI is InChI=1S/C20H22N2O2S/c1-20(2)11-10-17-8-3-4-9-18(17)19(20)22-25(23,24)14-16-7-5-6-15(12-16)13-21/h3-9,12,19,22H,10-11,14H2,1-2H3. The summed E-state index contributed by atoms with van der Waals surface area (Å²) in [6, 6.07) is 16.6. The minimum absolute atomic E-state index is 0.128. The number of rotatable bonds is 4. The van der Waals surface area contributed by atoms with E-state index in [1.807, 2.05) is 24.3 Å². The van der Waals surface area contributed by atoms with E-state index in [-0.39, 0.29) is 17.2 Å². The van der Waals surface area contributed by atoms with Crippen molar-refractivity contribution in [2.45, 2.75) is 38.5 Å². The van der Waals surface area contributed by atoms with Crippen LogP contribution >= 0.6 is 0 Å². The lowest BCUT2D eigenvalue weighted by molar-refractivity contribution is 0.233. The zero-order valence-corrected chi connectivity index (χ0v) is 15.3. The van der Waals surface area contributed by atoms with Gasteiger partial charge in [-0.2, -0.15) is 5.26 Å². The second-order valence-corrected chi connectivity index (χ2v) is 9.06. The smallest absolute Gasteiger partial charge is 0.212 e. The van der Waals surface area contributed by atoms with E-state index in [1.165, 1.54) is 5.56 Å². The topological polar surface area (TPSA) is 70.0 Å². The van der Waals surface area contributed by atoms with Gasteiger partial charge < -0.3 is 0 Å². The SMILES string of the molecule is CC1(C)CCc2ccccc2C1NS(=O)(=O)Cc1cccc(C#N)c1. The van der Waals surface area contributed by atoms with Gasteiger partial charge >= 0.3 is 0 Å². The van der Waals surface area contributed by atoms with Crippen LogP contribution in [0, 0.1) is 16.7 Å². The number of nitrogens with zero attached hydrogens (tertiary/aromatic N) is 1. The molecular formula is C20H22N2O2S. The molecule has 25 heavy (non-hydrogen) atoms. The highest BCUT2D eigenvalue weighted by atomic mass is 32.2. The molecular weight excluding hydrogens is 332 g/mol. The molecule has 3 rings (SSSR count). The zero-order chi connectivity index (χ0) is 18.1. The maximum absolute atomic E-state index is 12.8. The summed E-state index contributed by atoms with van der Waals surface area (Å²) in [5, 5.41) is 8.98. The number of nitriles is 1. The van der Waals surface area contributed by atoms with Crippen LogP contribution in [0.2, 0.25) is 0 Å². The van der Waals surface area contributed by atoms with Crippen molar-refractivity contribution < 1.29 is 8.42 Å². The third kappa shape index (κ3) is 3.92. The van der Waals surface area contributed by atoms with Gasteiger partial charge in [-0.05, 0) is 47.1 Å². The second-order valence-electron chi connectivity index (χ2n) is 7.31. The lowest BCUT2D eigenvalue weighted by Crippen LogP contribution is -2.41. The summed E-state index contributed by atoms with van der Waals surface area (Å²) in [5.74, 6) is -0.128. The molecule has 0 saturated heterocycles. The van der Waals surface area contributed by atoms with Crippen molar-refractivity contribution in [1.82, 2.24) is 4.72 Å². The van der Waals surface area contributed by atoms with Gasteiger partial charge in [-0.3, -0.25) is 0 Å². The third-order valence-electron chi connectivity index (χ3n) is 4.90. The molecule has 4 nitrogen and oxygen atoms in total. The van der Waals surface area contributed by atoms with Crippen molar-refractivity contribution in [2.24, 2.45) is 5.41 Å². The predicted molar refractivity (Wildman–Crippen MR) is 98.2 cm³/mol. The molecule has 1 aliphatic rings. The predicted octanol–water partition coefficient (Wildman–Crippen LogP) is 3.69. The lowest BCUT2D eigenvalue weighted by Gasteiger charge is -2.40. The van der Waals surface area contributed by atoms with Crippen LogP contribution in [0.5, 0.6) is 0 Å². The molecule has 0 aliphatic heterocycles. The zero-order valence-electron chi connectivity index (χ0n) is 14.5. The van der Waals surface area contributed by atoms with Crippen LogP contribution in [0.1, 0.15) is 48.6 Å². The molecule has 5 heteroatoms. The van der Waals surface area contributed by atoms with Gasteiger partial charge in [0.2, 0.25) is 10.0 Å². The average molecular weight is 354 g/mol. The first-order valence-corrected chi connectivity index (χ1v) is 10.0. The summed E-state index contributed by atoms with van der Waals surface area (Å²) >= 11 is 0. The van der Waals surface area contributed by atoms with Gasteiger partial charge in [-0.15, -0.1) is 0 Å². The maximum Gasteiger partial charge on any atom is 0.216 e. The van der Waals surface area contributed by atoms with E-state index in [0.29, 0.717) is 11.1 Å². The van der Waals surface area contributed by atoms with Crippen LogP contribution in [-0.2, 0) is 22.2 Å². The molecule has 1 aliphatic carbocycles. The van der Waals surface area contributed by atoms with Crippen molar-refractivity contribution in [3.05, 3.63) is 70.8 Å². The Morgan fingerprint density at radius 1 is 1.20 bits per heavy atom. The number of sulfonamides is 1. The molecule has 0 amide bonds. The fourth-order valence-corrected chi connectivity index (χ4v) is 4.97. The van der Waals surface area contributed by atoms with Crippen LogP contribution < -0.4 is 4.72 Å². The highest BCUT2D eigenvalue weighted by Crippen LogP contribution is 2.43. The van der Waals surface area contributed by atoms with Crippen LogP contribution in [0.15, 0.2) is 48.5 Å². The molecule has 0 fully saturated rings. The molecule has 2 aromatic rings. The summed E-state index contributed by atoms with van der Waals surface area (Å²) in [5.41, 5.74) is 3.20. The van der Waals surface area contributed by atoms with Crippen LogP contribution in [0.25, 0.3) is 0 Å². The Labute approximate surface area is 149 Å². The van der Waals surface area contributed by atoms with E-state index < -0.39 is 10.0 Å². The molecule has 1 N–H and O–H groups in total. The van der Waals surface area contributed by atoms with Crippen molar-refractivity contribution in [1.29, 1.82) is 5.26 Å². The molecule has 0 spiro atoms. The second kappa shape index (κ2) is 6.62. The molecule has 0 aromatic heterocycles. The monoisotopic (exact) mass is 354 g/mol. The maximum atomic E-state index is 12.8. The Morgan fingerprint density at radius 3 is 2.72 bits per heavy atom. The largest absolute Gasteiger partial charge is 0.216 e. The molecule has 130 valence electrons. The van der Waals surface area contributed by atoms with E-state index >= 15 is 0 Å². The number of benzene rings is 2. The summed E-state index contributed by atoms with van der Waals surface area (Å²) in [6.45, 7) is 4.21. The van der Waals surface area contributed by atoms with Crippen LogP contribution in [-0.4, -0.2) is 8.42 Å². The summed E-state index contributed by atoms with van der Waals surface area (Å²) in [6.07, 6.45) is 1.90. The van der Waals surface area contributed by atoms with Crippen molar-refractivity contribution in [2.75, 3.05) is 0 Å². The van der Waals surface area contributed by atoms with Gasteiger partial charge in [-0.25, -0.2) is 13.1 Å². The Kier molecular flexibility index (Phi) is 4.68. The third-order valence-corrected chi connectivity index (χ3v) is 6.20. The minimum Gasteiger partial charge on any atom is -0.212 e. The van der Waals surface area contributed by atoms with Gasteiger partial charge in [0.05, 0.1) is 23.4 Å². The number of nitrogens with one attached hydrogen (secondary N) is 1. The van der Waals surface area contributed by atoms with Crippen LogP contribution in [0.3, 0.4) is 0 Å². The fraction of sp³-hybridized carbons (Fsp3) is 0.350. The van der Waals surface area contributed by atoms with E-state index in [9.17, 15) is 8.42 Å². The summed E-state index contributed by atoms with van der Waals surface area (Å²) < 4.78 is 28.5. The van der Waals surface area contributed by atoms with E-state index in [2.05, 4.69) is 24.6 Å². The van der Waals surface area contributed by atoms with Gasteiger partial charge in [0.1, 0.15) is 0 Å². The van der Waals surface area contributed by atoms with E-state index in [4.69, 9.17) is 5.26 Å². The van der Waals surface area contributed by atoms with Gasteiger partial charge in [0.25, 0.3) is 0 Å². The van der Waals surface area contributed by atoms with Gasteiger partial charge in [0.15, 0.2) is 0 Å². The Bertz CT molecular complexity index is 927. The quantitative estimate of drug-likeness (QED) is 0.910. The first kappa shape index (κ1) is 17.7. The molecule has 1 unspecified atom stereocenters. The highest BCUT2D eigenvalue weighted by molar-refractivity contribution is 7.88. The normalized spacial score (nSPS) is 19.0. The Hall–Kier alpha value is -2.16. The van der Waals surface area contributed by atoms with Gasteiger partial charge in [0, 0.05) is 0 Å². The number of hydrogen-bond donors (Lipinski definition) is 1. The Morgan fingerprint density at radius 2 is 1.96 bits per heavy atom. The van der Waals surface area contributed by atoms with Crippen LogP contribution in [0.4, 0.5) is 0 Å².